The first-order chi connectivity index (χ1) is 8.95. The first-order valence-electron chi connectivity index (χ1n) is 6.77. The standard InChI is InChI=1S/C14H23N3O.3ClH/c1-2-5-14(6-3-1)13-16-18-12-4-9-17-10-7-15-8-11-17;;;/h1-3,5-6,15-16H,4,7-13H2;3*1H. The van der Waals surface area contributed by atoms with Gasteiger partial charge in [-0.3, -0.25) is 0 Å². The molecule has 4 nitrogen and oxygen atoms in total. The molecule has 0 bridgehead atoms. The Morgan fingerprint density at radius 3 is 2.38 bits per heavy atom. The van der Waals surface area contributed by atoms with Crippen LogP contribution in [0.1, 0.15) is 12.0 Å². The second-order valence-corrected chi connectivity index (χ2v) is 4.60. The summed E-state index contributed by atoms with van der Waals surface area (Å²) in [7, 11) is 0. The molecular weight excluding hydrogens is 333 g/mol. The molecule has 2 rings (SSSR count). The minimum absolute atomic E-state index is 0. The first-order valence-corrected chi connectivity index (χ1v) is 6.77. The molecule has 0 saturated carbocycles. The summed E-state index contributed by atoms with van der Waals surface area (Å²) in [6.45, 7) is 7.25. The van der Waals surface area contributed by atoms with Crippen molar-refractivity contribution in [2.24, 2.45) is 0 Å². The summed E-state index contributed by atoms with van der Waals surface area (Å²) in [6.07, 6.45) is 1.09. The SMILES string of the molecule is Cl.Cl.Cl.c1ccc(CNOCCCN2CCNCC2)cc1. The van der Waals surface area contributed by atoms with Crippen molar-refractivity contribution in [3.05, 3.63) is 35.9 Å². The lowest BCUT2D eigenvalue weighted by molar-refractivity contribution is 0.0301. The van der Waals surface area contributed by atoms with Crippen LogP contribution in [0.5, 0.6) is 0 Å². The molecule has 1 aromatic rings. The highest BCUT2D eigenvalue weighted by Crippen LogP contribution is 1.97. The maximum absolute atomic E-state index is 5.44. The van der Waals surface area contributed by atoms with Crippen molar-refractivity contribution in [2.45, 2.75) is 13.0 Å². The van der Waals surface area contributed by atoms with Crippen LogP contribution >= 0.6 is 37.2 Å². The molecule has 1 aliphatic rings. The number of piperazine rings is 1. The van der Waals surface area contributed by atoms with Gasteiger partial charge in [0.2, 0.25) is 0 Å². The summed E-state index contributed by atoms with van der Waals surface area (Å²) >= 11 is 0. The van der Waals surface area contributed by atoms with Crippen molar-refractivity contribution >= 4 is 37.2 Å². The summed E-state index contributed by atoms with van der Waals surface area (Å²) in [6, 6.07) is 10.3. The Labute approximate surface area is 146 Å². The highest BCUT2D eigenvalue weighted by molar-refractivity contribution is 5.86. The summed E-state index contributed by atoms with van der Waals surface area (Å²) in [5, 5.41) is 3.36. The number of benzene rings is 1. The average molecular weight is 359 g/mol. The highest BCUT2D eigenvalue weighted by Gasteiger charge is 2.07. The molecule has 124 valence electrons. The molecule has 2 N–H and O–H groups in total. The molecule has 1 fully saturated rings. The minimum Gasteiger partial charge on any atom is -0.314 e. The topological polar surface area (TPSA) is 36.5 Å². The van der Waals surface area contributed by atoms with E-state index in [4.69, 9.17) is 4.84 Å². The van der Waals surface area contributed by atoms with E-state index in [2.05, 4.69) is 27.8 Å². The quantitative estimate of drug-likeness (QED) is 0.579. The number of halogens is 3. The largest absolute Gasteiger partial charge is 0.314 e. The molecule has 0 radical (unpaired) electrons. The molecule has 0 aromatic heterocycles. The number of hydrogen-bond acceptors (Lipinski definition) is 4. The molecule has 1 saturated heterocycles. The normalized spacial score (nSPS) is 14.5. The van der Waals surface area contributed by atoms with Gasteiger partial charge in [0.25, 0.3) is 0 Å². The van der Waals surface area contributed by atoms with Crippen LogP contribution in [0, 0.1) is 0 Å². The smallest absolute Gasteiger partial charge is 0.0694 e. The Hall–Kier alpha value is -0.0700. The lowest BCUT2D eigenvalue weighted by Crippen LogP contribution is -2.44. The Kier molecular flexibility index (Phi) is 16.4. The van der Waals surface area contributed by atoms with Crippen molar-refractivity contribution in [3.8, 4) is 0 Å². The summed E-state index contributed by atoms with van der Waals surface area (Å²) in [5.74, 6) is 0. The lowest BCUT2D eigenvalue weighted by atomic mass is 10.2. The van der Waals surface area contributed by atoms with E-state index in [0.29, 0.717) is 0 Å². The average Bonchev–Trinajstić information content (AvgIpc) is 2.45. The molecule has 0 spiro atoms. The maximum atomic E-state index is 5.44. The zero-order valence-corrected chi connectivity index (χ0v) is 14.6. The third kappa shape index (κ3) is 10.3. The molecule has 1 aliphatic heterocycles. The maximum Gasteiger partial charge on any atom is 0.0694 e. The summed E-state index contributed by atoms with van der Waals surface area (Å²) in [5.41, 5.74) is 4.26. The third-order valence-corrected chi connectivity index (χ3v) is 3.15. The van der Waals surface area contributed by atoms with E-state index < -0.39 is 0 Å². The van der Waals surface area contributed by atoms with E-state index in [1.807, 2.05) is 18.2 Å². The Balaban J connectivity index is 0. The van der Waals surface area contributed by atoms with Crippen LogP contribution in [-0.2, 0) is 11.4 Å². The van der Waals surface area contributed by atoms with Gasteiger partial charge in [-0.15, -0.1) is 37.2 Å². The van der Waals surface area contributed by atoms with Gasteiger partial charge in [-0.05, 0) is 12.0 Å². The van der Waals surface area contributed by atoms with Gasteiger partial charge >= 0.3 is 0 Å². The van der Waals surface area contributed by atoms with Crippen LogP contribution in [0.25, 0.3) is 0 Å². The van der Waals surface area contributed by atoms with E-state index in [1.165, 1.54) is 5.56 Å². The fourth-order valence-corrected chi connectivity index (χ4v) is 2.10. The van der Waals surface area contributed by atoms with Gasteiger partial charge in [0.15, 0.2) is 0 Å². The number of hydroxylamine groups is 1. The van der Waals surface area contributed by atoms with Crippen LogP contribution in [0.3, 0.4) is 0 Å². The van der Waals surface area contributed by atoms with Crippen molar-refractivity contribution in [3.63, 3.8) is 0 Å². The first kappa shape index (κ1) is 23.2. The summed E-state index contributed by atoms with van der Waals surface area (Å²) in [4.78, 5) is 7.92. The van der Waals surface area contributed by atoms with Gasteiger partial charge in [0, 0.05) is 39.3 Å². The second kappa shape index (κ2) is 14.9. The van der Waals surface area contributed by atoms with Crippen LogP contribution in [0.15, 0.2) is 30.3 Å². The fourth-order valence-electron chi connectivity index (χ4n) is 2.10. The van der Waals surface area contributed by atoms with Gasteiger partial charge in [0.05, 0.1) is 6.61 Å². The van der Waals surface area contributed by atoms with Gasteiger partial charge in [0.1, 0.15) is 0 Å². The van der Waals surface area contributed by atoms with Crippen LogP contribution in [0.4, 0.5) is 0 Å². The molecule has 0 unspecified atom stereocenters. The van der Waals surface area contributed by atoms with E-state index >= 15 is 0 Å². The number of hydrogen-bond donors (Lipinski definition) is 2. The van der Waals surface area contributed by atoms with E-state index in [9.17, 15) is 0 Å². The van der Waals surface area contributed by atoms with Crippen LogP contribution in [-0.4, -0.2) is 44.2 Å². The monoisotopic (exact) mass is 357 g/mol. The summed E-state index contributed by atoms with van der Waals surface area (Å²) < 4.78 is 0. The molecule has 1 heterocycles. The fraction of sp³-hybridized carbons (Fsp3) is 0.571. The molecule has 21 heavy (non-hydrogen) atoms. The Bertz CT molecular complexity index is 325. The predicted molar refractivity (Wildman–Crippen MR) is 94.9 cm³/mol. The zero-order chi connectivity index (χ0) is 12.5. The Morgan fingerprint density at radius 1 is 1.05 bits per heavy atom. The van der Waals surface area contributed by atoms with Gasteiger partial charge < -0.3 is 15.1 Å². The van der Waals surface area contributed by atoms with Crippen LogP contribution in [0.2, 0.25) is 0 Å². The second-order valence-electron chi connectivity index (χ2n) is 4.60. The molecular formula is C14H26Cl3N3O. The van der Waals surface area contributed by atoms with Crippen molar-refractivity contribution in [2.75, 3.05) is 39.3 Å². The molecule has 7 heteroatoms. The Morgan fingerprint density at radius 2 is 1.71 bits per heavy atom. The van der Waals surface area contributed by atoms with Gasteiger partial charge in [-0.25, -0.2) is 0 Å². The number of nitrogens with one attached hydrogen (secondary N) is 2. The van der Waals surface area contributed by atoms with E-state index in [0.717, 1.165) is 52.3 Å². The zero-order valence-electron chi connectivity index (χ0n) is 12.1. The molecule has 1 aromatic carbocycles. The van der Waals surface area contributed by atoms with Crippen molar-refractivity contribution < 1.29 is 4.84 Å². The molecule has 0 amide bonds. The predicted octanol–water partition coefficient (Wildman–Crippen LogP) is 2.27. The van der Waals surface area contributed by atoms with Crippen LogP contribution < -0.4 is 10.8 Å². The van der Waals surface area contributed by atoms with Gasteiger partial charge in [-0.1, -0.05) is 30.3 Å². The van der Waals surface area contributed by atoms with E-state index in [1.54, 1.807) is 0 Å². The van der Waals surface area contributed by atoms with E-state index in [-0.39, 0.29) is 37.2 Å². The molecule has 0 aliphatic carbocycles. The number of nitrogens with zero attached hydrogens (tertiary/aromatic N) is 1. The minimum atomic E-state index is 0. The third-order valence-electron chi connectivity index (χ3n) is 3.15. The highest BCUT2D eigenvalue weighted by atomic mass is 35.5. The molecule has 0 atom stereocenters. The lowest BCUT2D eigenvalue weighted by Gasteiger charge is -2.26. The van der Waals surface area contributed by atoms with Crippen molar-refractivity contribution in [1.82, 2.24) is 15.7 Å². The van der Waals surface area contributed by atoms with Crippen molar-refractivity contribution in [1.29, 1.82) is 0 Å². The van der Waals surface area contributed by atoms with Gasteiger partial charge in [-0.2, -0.15) is 5.48 Å². The number of rotatable bonds is 7.